The van der Waals surface area contributed by atoms with Gasteiger partial charge in [-0.25, -0.2) is 0 Å². The Hall–Kier alpha value is -0.810. The second kappa shape index (κ2) is 5.10. The SMILES string of the molecule is COC(=O)[C@H]1[C@](C)(OC(C)=O)C[C@@H]2O[C@@]23C(C)(C)[C@@H](Cl)CC[C@]13C. The maximum Gasteiger partial charge on any atom is 0.313 e. The van der Waals surface area contributed by atoms with Crippen molar-refractivity contribution in [3.8, 4) is 0 Å². The van der Waals surface area contributed by atoms with Gasteiger partial charge in [-0.05, 0) is 19.8 Å². The van der Waals surface area contributed by atoms with E-state index >= 15 is 0 Å². The molecule has 2 aliphatic carbocycles. The molecule has 3 fully saturated rings. The molecule has 0 aromatic rings. The van der Waals surface area contributed by atoms with E-state index in [0.29, 0.717) is 6.42 Å². The number of methoxy groups -OCH3 is 1. The third-order valence-corrected chi connectivity index (χ3v) is 7.65. The highest BCUT2D eigenvalue weighted by atomic mass is 35.5. The molecule has 6 heteroatoms. The van der Waals surface area contributed by atoms with Gasteiger partial charge >= 0.3 is 11.9 Å². The predicted octanol–water partition coefficient (Wildman–Crippen LogP) is 3.07. The Balaban J connectivity index is 2.13. The molecular formula is C18H27ClO5. The van der Waals surface area contributed by atoms with Gasteiger partial charge in [-0.15, -0.1) is 11.6 Å². The Morgan fingerprint density at radius 1 is 1.21 bits per heavy atom. The fourth-order valence-corrected chi connectivity index (χ4v) is 6.23. The summed E-state index contributed by atoms with van der Waals surface area (Å²) in [5.74, 6) is -1.33. The zero-order valence-electron chi connectivity index (χ0n) is 15.3. The number of halogens is 1. The van der Waals surface area contributed by atoms with Gasteiger partial charge in [-0.3, -0.25) is 9.59 Å². The lowest BCUT2D eigenvalue weighted by molar-refractivity contribution is -0.200. The number of rotatable bonds is 2. The maximum absolute atomic E-state index is 12.8. The average Bonchev–Trinajstić information content (AvgIpc) is 3.17. The molecule has 6 atom stereocenters. The third-order valence-electron chi connectivity index (χ3n) is 6.88. The van der Waals surface area contributed by atoms with Gasteiger partial charge in [0.25, 0.3) is 0 Å². The quantitative estimate of drug-likeness (QED) is 0.431. The first-order valence-electron chi connectivity index (χ1n) is 8.55. The van der Waals surface area contributed by atoms with Crippen LogP contribution in [0.1, 0.15) is 53.9 Å². The molecule has 0 radical (unpaired) electrons. The fourth-order valence-electron chi connectivity index (χ4n) is 5.96. The Bertz CT molecular complexity index is 590. The number of hydrogen-bond donors (Lipinski definition) is 0. The summed E-state index contributed by atoms with van der Waals surface area (Å²) in [6.07, 6.45) is 1.93. The molecule has 0 N–H and O–H groups in total. The van der Waals surface area contributed by atoms with Gasteiger partial charge in [0.15, 0.2) is 0 Å². The van der Waals surface area contributed by atoms with Crippen LogP contribution in [-0.4, -0.2) is 41.7 Å². The van der Waals surface area contributed by atoms with Crippen LogP contribution < -0.4 is 0 Å². The second-order valence-electron chi connectivity index (χ2n) is 8.55. The fraction of sp³-hybridized carbons (Fsp3) is 0.889. The van der Waals surface area contributed by atoms with Crippen LogP contribution in [0, 0.1) is 16.7 Å². The molecule has 0 aromatic heterocycles. The van der Waals surface area contributed by atoms with Crippen molar-refractivity contribution in [2.24, 2.45) is 16.7 Å². The van der Waals surface area contributed by atoms with Crippen molar-refractivity contribution >= 4 is 23.5 Å². The van der Waals surface area contributed by atoms with Crippen LogP contribution in [0.5, 0.6) is 0 Å². The van der Waals surface area contributed by atoms with E-state index in [-0.39, 0.29) is 22.9 Å². The molecule has 5 nitrogen and oxygen atoms in total. The van der Waals surface area contributed by atoms with Gasteiger partial charge in [0.05, 0.1) is 13.2 Å². The van der Waals surface area contributed by atoms with Crippen LogP contribution >= 0.6 is 11.6 Å². The molecule has 3 aliphatic rings. The summed E-state index contributed by atoms with van der Waals surface area (Å²) in [6.45, 7) is 9.50. The monoisotopic (exact) mass is 358 g/mol. The topological polar surface area (TPSA) is 65.1 Å². The van der Waals surface area contributed by atoms with Crippen LogP contribution in [0.25, 0.3) is 0 Å². The van der Waals surface area contributed by atoms with Crippen molar-refractivity contribution < 1.29 is 23.8 Å². The van der Waals surface area contributed by atoms with E-state index in [0.717, 1.165) is 12.8 Å². The largest absolute Gasteiger partial charge is 0.469 e. The molecule has 1 aliphatic heterocycles. The highest BCUT2D eigenvalue weighted by Gasteiger charge is 2.84. The maximum atomic E-state index is 12.8. The summed E-state index contributed by atoms with van der Waals surface area (Å²) >= 11 is 6.64. The summed E-state index contributed by atoms with van der Waals surface area (Å²) in [7, 11) is 1.38. The summed E-state index contributed by atoms with van der Waals surface area (Å²) in [4.78, 5) is 24.5. The number of carbonyl (C=O) groups excluding carboxylic acids is 2. The molecule has 0 amide bonds. The normalized spacial score (nSPS) is 48.7. The van der Waals surface area contributed by atoms with Gasteiger partial charge in [-0.2, -0.15) is 0 Å². The average molecular weight is 359 g/mol. The van der Waals surface area contributed by atoms with E-state index in [4.69, 9.17) is 25.8 Å². The van der Waals surface area contributed by atoms with Crippen molar-refractivity contribution in [1.82, 2.24) is 0 Å². The molecule has 0 aromatic carbocycles. The molecule has 3 rings (SSSR count). The zero-order chi connectivity index (χ0) is 18.1. The molecular weight excluding hydrogens is 332 g/mol. The molecule has 0 unspecified atom stereocenters. The van der Waals surface area contributed by atoms with Crippen molar-refractivity contribution in [3.05, 3.63) is 0 Å². The van der Waals surface area contributed by atoms with Crippen LogP contribution in [0.3, 0.4) is 0 Å². The van der Waals surface area contributed by atoms with Gasteiger partial charge in [0, 0.05) is 29.6 Å². The minimum Gasteiger partial charge on any atom is -0.469 e. The van der Waals surface area contributed by atoms with Crippen LogP contribution in [0.15, 0.2) is 0 Å². The number of epoxide rings is 1. The van der Waals surface area contributed by atoms with E-state index in [1.807, 2.05) is 6.92 Å². The molecule has 24 heavy (non-hydrogen) atoms. The van der Waals surface area contributed by atoms with Crippen LogP contribution in [0.4, 0.5) is 0 Å². The Kier molecular flexibility index (Phi) is 3.83. The minimum absolute atomic E-state index is 0.0213. The first kappa shape index (κ1) is 18.0. The number of alkyl halides is 1. The van der Waals surface area contributed by atoms with Crippen molar-refractivity contribution in [1.29, 1.82) is 0 Å². The highest BCUT2D eigenvalue weighted by Crippen LogP contribution is 2.74. The van der Waals surface area contributed by atoms with Crippen molar-refractivity contribution in [2.45, 2.75) is 76.6 Å². The van der Waals surface area contributed by atoms with Crippen molar-refractivity contribution in [2.75, 3.05) is 7.11 Å². The van der Waals surface area contributed by atoms with Gasteiger partial charge < -0.3 is 14.2 Å². The number of hydrogen-bond acceptors (Lipinski definition) is 5. The number of esters is 2. The summed E-state index contributed by atoms with van der Waals surface area (Å²) in [6, 6.07) is 0. The summed E-state index contributed by atoms with van der Waals surface area (Å²) in [5.41, 5.74) is -2.20. The van der Waals surface area contributed by atoms with Gasteiger partial charge in [0.2, 0.25) is 0 Å². The van der Waals surface area contributed by atoms with E-state index < -0.39 is 28.5 Å². The lowest BCUT2D eigenvalue weighted by Gasteiger charge is -2.59. The Labute approximate surface area is 148 Å². The highest BCUT2D eigenvalue weighted by molar-refractivity contribution is 6.21. The van der Waals surface area contributed by atoms with Gasteiger partial charge in [-0.1, -0.05) is 20.8 Å². The summed E-state index contributed by atoms with van der Waals surface area (Å²) in [5, 5.41) is -0.0213. The first-order valence-corrected chi connectivity index (χ1v) is 8.99. The Morgan fingerprint density at radius 3 is 2.38 bits per heavy atom. The molecule has 0 bridgehead atoms. The van der Waals surface area contributed by atoms with E-state index in [2.05, 4.69) is 20.8 Å². The van der Waals surface area contributed by atoms with Gasteiger partial charge in [0.1, 0.15) is 17.1 Å². The smallest absolute Gasteiger partial charge is 0.313 e. The molecule has 2 saturated carbocycles. The lowest BCUT2D eigenvalue weighted by Crippen LogP contribution is -2.68. The Morgan fingerprint density at radius 2 is 1.83 bits per heavy atom. The van der Waals surface area contributed by atoms with E-state index in [1.165, 1.54) is 14.0 Å². The number of ether oxygens (including phenoxy) is 3. The van der Waals surface area contributed by atoms with Crippen LogP contribution in [0.2, 0.25) is 0 Å². The van der Waals surface area contributed by atoms with Crippen LogP contribution in [-0.2, 0) is 23.8 Å². The predicted molar refractivity (Wildman–Crippen MR) is 88.7 cm³/mol. The van der Waals surface area contributed by atoms with E-state index in [9.17, 15) is 9.59 Å². The summed E-state index contributed by atoms with van der Waals surface area (Å²) < 4.78 is 17.1. The van der Waals surface area contributed by atoms with E-state index in [1.54, 1.807) is 0 Å². The molecule has 1 saturated heterocycles. The third kappa shape index (κ3) is 1.97. The standard InChI is InChI=1S/C18H27ClO5/c1-10(20)23-17(5)9-12-18(24-12)15(2,3)11(19)7-8-16(18,4)13(17)14(21)22-6/h11-13H,7-9H2,1-6H3/t11-,12-,13+,16+,17+,18+/m0/s1. The molecule has 1 heterocycles. The zero-order valence-corrected chi connectivity index (χ0v) is 16.0. The number of carbonyl (C=O) groups is 2. The van der Waals surface area contributed by atoms with Crippen molar-refractivity contribution in [3.63, 3.8) is 0 Å². The lowest BCUT2D eigenvalue weighted by atomic mass is 9.45. The molecule has 136 valence electrons. The second-order valence-corrected chi connectivity index (χ2v) is 9.08. The molecule has 1 spiro atoms. The minimum atomic E-state index is -0.937. The first-order chi connectivity index (χ1) is 11.0.